The zero-order valence-electron chi connectivity index (χ0n) is 11.6. The summed E-state index contributed by atoms with van der Waals surface area (Å²) in [4.78, 5) is 14.2. The maximum absolute atomic E-state index is 12.0. The summed E-state index contributed by atoms with van der Waals surface area (Å²) in [6.07, 6.45) is 0. The minimum absolute atomic E-state index is 0.00328. The molecule has 2 unspecified atom stereocenters. The van der Waals surface area contributed by atoms with E-state index in [-0.39, 0.29) is 11.9 Å². The molecule has 0 radical (unpaired) electrons. The van der Waals surface area contributed by atoms with Crippen molar-refractivity contribution in [1.29, 1.82) is 0 Å². The van der Waals surface area contributed by atoms with E-state index in [4.69, 9.17) is 0 Å². The SMILES string of the molecule is CC(C)C(C)CNC(=O)C(C)N1CCNCC1. The molecule has 1 aliphatic heterocycles. The maximum Gasteiger partial charge on any atom is 0.237 e. The molecule has 4 nitrogen and oxygen atoms in total. The van der Waals surface area contributed by atoms with E-state index < -0.39 is 0 Å². The Morgan fingerprint density at radius 2 is 1.82 bits per heavy atom. The van der Waals surface area contributed by atoms with Crippen LogP contribution in [0, 0.1) is 11.8 Å². The molecular weight excluding hydrogens is 214 g/mol. The summed E-state index contributed by atoms with van der Waals surface area (Å²) < 4.78 is 0. The second-order valence-electron chi connectivity index (χ2n) is 5.43. The van der Waals surface area contributed by atoms with E-state index in [2.05, 4.69) is 36.3 Å². The number of nitrogens with zero attached hydrogens (tertiary/aromatic N) is 1. The Labute approximate surface area is 105 Å². The minimum atomic E-state index is -0.00328. The van der Waals surface area contributed by atoms with E-state index in [1.165, 1.54) is 0 Å². The van der Waals surface area contributed by atoms with Gasteiger partial charge in [0.25, 0.3) is 0 Å². The van der Waals surface area contributed by atoms with Crippen molar-refractivity contribution in [2.24, 2.45) is 11.8 Å². The van der Waals surface area contributed by atoms with Crippen LogP contribution in [0.1, 0.15) is 27.7 Å². The van der Waals surface area contributed by atoms with Crippen LogP contribution in [0.15, 0.2) is 0 Å². The predicted molar refractivity (Wildman–Crippen MR) is 70.9 cm³/mol. The summed E-state index contributed by atoms with van der Waals surface area (Å²) in [6.45, 7) is 13.3. The van der Waals surface area contributed by atoms with Crippen LogP contribution in [0.2, 0.25) is 0 Å². The lowest BCUT2D eigenvalue weighted by atomic mass is 9.98. The van der Waals surface area contributed by atoms with Gasteiger partial charge in [0.15, 0.2) is 0 Å². The fraction of sp³-hybridized carbons (Fsp3) is 0.923. The highest BCUT2D eigenvalue weighted by atomic mass is 16.2. The lowest BCUT2D eigenvalue weighted by Crippen LogP contribution is -2.53. The van der Waals surface area contributed by atoms with E-state index >= 15 is 0 Å². The number of carbonyl (C=O) groups excluding carboxylic acids is 1. The quantitative estimate of drug-likeness (QED) is 0.744. The number of carbonyl (C=O) groups is 1. The average molecular weight is 241 g/mol. The van der Waals surface area contributed by atoms with E-state index in [9.17, 15) is 4.79 Å². The Balaban J connectivity index is 2.30. The molecule has 100 valence electrons. The molecule has 1 fully saturated rings. The van der Waals surface area contributed by atoms with Crippen molar-refractivity contribution >= 4 is 5.91 Å². The maximum atomic E-state index is 12.0. The molecule has 1 rings (SSSR count). The molecule has 0 saturated carbocycles. The van der Waals surface area contributed by atoms with E-state index in [0.29, 0.717) is 11.8 Å². The second-order valence-corrected chi connectivity index (χ2v) is 5.43. The van der Waals surface area contributed by atoms with Crippen molar-refractivity contribution in [3.05, 3.63) is 0 Å². The summed E-state index contributed by atoms with van der Waals surface area (Å²) in [5.41, 5.74) is 0. The van der Waals surface area contributed by atoms with Gasteiger partial charge in [-0.05, 0) is 18.8 Å². The summed E-state index contributed by atoms with van der Waals surface area (Å²) in [6, 6.07) is -0.00328. The van der Waals surface area contributed by atoms with Crippen LogP contribution >= 0.6 is 0 Å². The molecule has 0 aliphatic carbocycles. The van der Waals surface area contributed by atoms with Crippen LogP contribution in [0.25, 0.3) is 0 Å². The number of amides is 1. The summed E-state index contributed by atoms with van der Waals surface area (Å²) in [5, 5.41) is 6.36. The molecule has 0 aromatic carbocycles. The first-order chi connectivity index (χ1) is 8.02. The Hall–Kier alpha value is -0.610. The van der Waals surface area contributed by atoms with Gasteiger partial charge in [-0.3, -0.25) is 9.69 Å². The van der Waals surface area contributed by atoms with Gasteiger partial charge < -0.3 is 10.6 Å². The third-order valence-electron chi connectivity index (χ3n) is 3.82. The Morgan fingerprint density at radius 3 is 2.35 bits per heavy atom. The fourth-order valence-corrected chi connectivity index (χ4v) is 1.88. The molecule has 0 spiro atoms. The van der Waals surface area contributed by atoms with Gasteiger partial charge in [0.1, 0.15) is 0 Å². The van der Waals surface area contributed by atoms with Gasteiger partial charge in [-0.15, -0.1) is 0 Å². The molecule has 0 aromatic rings. The molecular formula is C13H27N3O. The van der Waals surface area contributed by atoms with Crippen molar-refractivity contribution in [2.75, 3.05) is 32.7 Å². The molecule has 4 heteroatoms. The third-order valence-corrected chi connectivity index (χ3v) is 3.82. The number of piperazine rings is 1. The monoisotopic (exact) mass is 241 g/mol. The van der Waals surface area contributed by atoms with Crippen molar-refractivity contribution in [2.45, 2.75) is 33.7 Å². The van der Waals surface area contributed by atoms with E-state index in [0.717, 1.165) is 32.7 Å². The molecule has 1 saturated heterocycles. The smallest absolute Gasteiger partial charge is 0.237 e. The zero-order valence-corrected chi connectivity index (χ0v) is 11.6. The lowest BCUT2D eigenvalue weighted by Gasteiger charge is -2.32. The van der Waals surface area contributed by atoms with Crippen molar-refractivity contribution < 1.29 is 4.79 Å². The van der Waals surface area contributed by atoms with Crippen LogP contribution < -0.4 is 10.6 Å². The second kappa shape index (κ2) is 6.97. The van der Waals surface area contributed by atoms with Crippen LogP contribution in [0.5, 0.6) is 0 Å². The molecule has 2 atom stereocenters. The lowest BCUT2D eigenvalue weighted by molar-refractivity contribution is -0.126. The van der Waals surface area contributed by atoms with Gasteiger partial charge in [-0.2, -0.15) is 0 Å². The van der Waals surface area contributed by atoms with E-state index in [1.807, 2.05) is 6.92 Å². The van der Waals surface area contributed by atoms with Crippen LogP contribution in [0.3, 0.4) is 0 Å². The molecule has 0 bridgehead atoms. The largest absolute Gasteiger partial charge is 0.354 e. The van der Waals surface area contributed by atoms with Gasteiger partial charge in [-0.1, -0.05) is 20.8 Å². The third kappa shape index (κ3) is 4.64. The summed E-state index contributed by atoms with van der Waals surface area (Å²) in [7, 11) is 0. The highest BCUT2D eigenvalue weighted by molar-refractivity contribution is 5.81. The highest BCUT2D eigenvalue weighted by Crippen LogP contribution is 2.08. The predicted octanol–water partition coefficient (Wildman–Crippen LogP) is 0.688. The summed E-state index contributed by atoms with van der Waals surface area (Å²) in [5.74, 6) is 1.32. The molecule has 17 heavy (non-hydrogen) atoms. The van der Waals surface area contributed by atoms with Crippen molar-refractivity contribution in [1.82, 2.24) is 15.5 Å². The van der Waals surface area contributed by atoms with Gasteiger partial charge >= 0.3 is 0 Å². The van der Waals surface area contributed by atoms with Crippen molar-refractivity contribution in [3.8, 4) is 0 Å². The Morgan fingerprint density at radius 1 is 1.24 bits per heavy atom. The average Bonchev–Trinajstić information content (AvgIpc) is 2.35. The zero-order chi connectivity index (χ0) is 12.8. The summed E-state index contributed by atoms with van der Waals surface area (Å²) >= 11 is 0. The minimum Gasteiger partial charge on any atom is -0.354 e. The molecule has 1 aliphatic rings. The van der Waals surface area contributed by atoms with Gasteiger partial charge in [0.2, 0.25) is 5.91 Å². The normalized spacial score (nSPS) is 21.2. The molecule has 0 aromatic heterocycles. The van der Waals surface area contributed by atoms with Crippen LogP contribution in [-0.2, 0) is 4.79 Å². The van der Waals surface area contributed by atoms with Crippen molar-refractivity contribution in [3.63, 3.8) is 0 Å². The molecule has 1 heterocycles. The Bertz CT molecular complexity index is 237. The van der Waals surface area contributed by atoms with E-state index in [1.54, 1.807) is 0 Å². The van der Waals surface area contributed by atoms with Gasteiger partial charge in [0, 0.05) is 32.7 Å². The first kappa shape index (κ1) is 14.5. The number of hydrogen-bond acceptors (Lipinski definition) is 3. The number of nitrogens with one attached hydrogen (secondary N) is 2. The van der Waals surface area contributed by atoms with Gasteiger partial charge in [-0.25, -0.2) is 0 Å². The topological polar surface area (TPSA) is 44.4 Å². The highest BCUT2D eigenvalue weighted by Gasteiger charge is 2.22. The first-order valence-electron chi connectivity index (χ1n) is 6.75. The van der Waals surface area contributed by atoms with Crippen LogP contribution in [0.4, 0.5) is 0 Å². The number of rotatable bonds is 5. The molecule has 1 amide bonds. The van der Waals surface area contributed by atoms with Gasteiger partial charge in [0.05, 0.1) is 6.04 Å². The first-order valence-corrected chi connectivity index (χ1v) is 6.75. The molecule has 2 N–H and O–H groups in total. The Kier molecular flexibility index (Phi) is 5.92. The van der Waals surface area contributed by atoms with Crippen LogP contribution in [-0.4, -0.2) is 49.6 Å². The number of hydrogen-bond donors (Lipinski definition) is 2. The standard InChI is InChI=1S/C13H27N3O/c1-10(2)11(3)9-15-13(17)12(4)16-7-5-14-6-8-16/h10-12,14H,5-9H2,1-4H3,(H,15,17). The fourth-order valence-electron chi connectivity index (χ4n) is 1.88.